The van der Waals surface area contributed by atoms with Crippen molar-refractivity contribution in [2.45, 2.75) is 50.4 Å². The summed E-state index contributed by atoms with van der Waals surface area (Å²) >= 11 is 12.3. The number of ether oxygens (including phenoxy) is 1. The molecule has 1 saturated heterocycles. The third-order valence-corrected chi connectivity index (χ3v) is 7.28. The predicted molar refractivity (Wildman–Crippen MR) is 144 cm³/mol. The Bertz CT molecular complexity index is 1150. The number of halogens is 5. The Morgan fingerprint density at radius 1 is 0.925 bits per heavy atom. The molecule has 218 valence electrons. The molecule has 0 bridgehead atoms. The van der Waals surface area contributed by atoms with Crippen LogP contribution in [0.5, 0.6) is 0 Å². The quantitative estimate of drug-likeness (QED) is 0.410. The number of nitrogens with one attached hydrogen (secondary N) is 1. The molecule has 2 fully saturated rings. The third kappa shape index (κ3) is 9.28. The van der Waals surface area contributed by atoms with Gasteiger partial charge in [-0.2, -0.15) is 13.2 Å². The largest absolute Gasteiger partial charge is 0.490 e. The van der Waals surface area contributed by atoms with Crippen molar-refractivity contribution in [3.63, 3.8) is 0 Å². The molecule has 0 unspecified atom stereocenters. The number of amides is 2. The van der Waals surface area contributed by atoms with Crippen LogP contribution in [0.2, 0.25) is 10.0 Å². The van der Waals surface area contributed by atoms with E-state index in [0.29, 0.717) is 40.4 Å². The number of carbonyl (C=O) groups excluding carboxylic acids is 2. The van der Waals surface area contributed by atoms with Crippen molar-refractivity contribution in [3.8, 4) is 0 Å². The summed E-state index contributed by atoms with van der Waals surface area (Å²) in [6.45, 7) is 2.89. The van der Waals surface area contributed by atoms with Gasteiger partial charge < -0.3 is 14.7 Å². The number of carbonyl (C=O) groups is 3. The van der Waals surface area contributed by atoms with Gasteiger partial charge in [-0.3, -0.25) is 15.0 Å². The Labute approximate surface area is 240 Å². The van der Waals surface area contributed by atoms with Gasteiger partial charge in [0.2, 0.25) is 6.10 Å². The van der Waals surface area contributed by atoms with Crippen LogP contribution in [-0.4, -0.2) is 71.3 Å². The maximum Gasteiger partial charge on any atom is 0.490 e. The molecule has 1 aliphatic carbocycles. The molecule has 1 saturated carbocycles. The monoisotopic (exact) mass is 603 g/mol. The summed E-state index contributed by atoms with van der Waals surface area (Å²) in [6, 6.07) is 14.3. The molecule has 0 aromatic heterocycles. The number of hydrogen-bond acceptors (Lipinski definition) is 5. The van der Waals surface area contributed by atoms with E-state index in [9.17, 15) is 22.8 Å². The van der Waals surface area contributed by atoms with Gasteiger partial charge in [0.1, 0.15) is 0 Å². The van der Waals surface area contributed by atoms with Crippen LogP contribution in [0.4, 0.5) is 23.7 Å². The molecule has 1 heterocycles. The van der Waals surface area contributed by atoms with Crippen LogP contribution in [0.3, 0.4) is 0 Å². The molecule has 2 aromatic rings. The molecule has 2 N–H and O–H groups in total. The minimum absolute atomic E-state index is 0.252. The van der Waals surface area contributed by atoms with Crippen molar-refractivity contribution in [1.82, 2.24) is 9.80 Å². The molecular weight excluding hydrogens is 574 g/mol. The Kier molecular flexibility index (Phi) is 11.5. The second-order valence-electron chi connectivity index (χ2n) is 9.39. The van der Waals surface area contributed by atoms with Gasteiger partial charge in [-0.15, -0.1) is 0 Å². The number of aliphatic carboxylic acids is 1. The van der Waals surface area contributed by atoms with Crippen molar-refractivity contribution < 1.29 is 37.4 Å². The molecule has 2 aliphatic rings. The van der Waals surface area contributed by atoms with E-state index >= 15 is 0 Å². The Balaban J connectivity index is 0.000000559. The third-order valence-electron chi connectivity index (χ3n) is 6.69. The summed E-state index contributed by atoms with van der Waals surface area (Å²) in [6.07, 6.45) is -0.550. The highest BCUT2D eigenvalue weighted by molar-refractivity contribution is 6.31. The number of hydrogen-bond donors (Lipinski definition) is 2. The smallest absolute Gasteiger partial charge is 0.475 e. The second kappa shape index (κ2) is 14.6. The molecule has 1 atom stereocenters. The van der Waals surface area contributed by atoms with Crippen LogP contribution in [-0.2, 0) is 14.3 Å². The minimum atomic E-state index is -5.08. The summed E-state index contributed by atoms with van der Waals surface area (Å²) < 4.78 is 37.4. The first-order valence-corrected chi connectivity index (χ1v) is 13.5. The van der Waals surface area contributed by atoms with Crippen LogP contribution in [0.25, 0.3) is 0 Å². The highest BCUT2D eigenvalue weighted by Gasteiger charge is 2.38. The van der Waals surface area contributed by atoms with Gasteiger partial charge in [0.05, 0.1) is 0 Å². The minimum Gasteiger partial charge on any atom is -0.475 e. The van der Waals surface area contributed by atoms with Crippen molar-refractivity contribution in [2.75, 3.05) is 31.5 Å². The summed E-state index contributed by atoms with van der Waals surface area (Å²) in [5.74, 6) is -3.01. The second-order valence-corrected chi connectivity index (χ2v) is 10.2. The van der Waals surface area contributed by atoms with E-state index < -0.39 is 24.3 Å². The van der Waals surface area contributed by atoms with Crippen molar-refractivity contribution in [3.05, 3.63) is 64.1 Å². The number of nitrogens with zero attached hydrogens (tertiary/aromatic N) is 2. The lowest BCUT2D eigenvalue weighted by Gasteiger charge is -2.41. The van der Waals surface area contributed by atoms with Gasteiger partial charge in [-0.25, -0.2) is 9.59 Å². The number of rotatable bonds is 5. The highest BCUT2D eigenvalue weighted by Crippen LogP contribution is 2.29. The van der Waals surface area contributed by atoms with Crippen LogP contribution in [0.1, 0.15) is 43.8 Å². The Morgan fingerprint density at radius 2 is 1.50 bits per heavy atom. The maximum absolute atomic E-state index is 13.5. The first-order valence-electron chi connectivity index (χ1n) is 12.8. The van der Waals surface area contributed by atoms with Crippen LogP contribution < -0.4 is 5.32 Å². The number of carboxylic acid groups (broad SMARTS) is 1. The van der Waals surface area contributed by atoms with E-state index in [1.165, 1.54) is 32.1 Å². The van der Waals surface area contributed by atoms with Crippen LogP contribution in [0.15, 0.2) is 48.5 Å². The lowest BCUT2D eigenvalue weighted by atomic mass is 9.94. The Hall–Kier alpha value is -3.02. The van der Waals surface area contributed by atoms with Gasteiger partial charge in [0, 0.05) is 53.5 Å². The Morgan fingerprint density at radius 3 is 2.05 bits per heavy atom. The highest BCUT2D eigenvalue weighted by atomic mass is 35.5. The molecule has 2 amide bonds. The van der Waals surface area contributed by atoms with E-state index in [1.807, 2.05) is 0 Å². The van der Waals surface area contributed by atoms with Gasteiger partial charge in [0.25, 0.3) is 5.91 Å². The van der Waals surface area contributed by atoms with E-state index in [1.54, 1.807) is 53.4 Å². The standard InChI is InChI=1S/C25H29Cl2N3O3.C2HF3O2/c26-18-10-12-19(13-11-18)28-25(32)33-23(21-8-4-5-9-22(21)27)24(31)30-16-14-29(15-17-30)20-6-2-1-3-7-20;3-2(4,5)1(6)7/h4-5,8-13,20,23H,1-3,6-7,14-17H2,(H,28,32);(H,6,7)/t23-;/m1./s1. The fraction of sp³-hybridized carbons (Fsp3) is 0.444. The molecule has 0 spiro atoms. The number of alkyl halides is 3. The fourth-order valence-corrected chi connectivity index (χ4v) is 5.00. The number of carboxylic acids is 1. The van der Waals surface area contributed by atoms with Crippen molar-refractivity contribution in [1.29, 1.82) is 0 Å². The van der Waals surface area contributed by atoms with Gasteiger partial charge in [0.15, 0.2) is 0 Å². The van der Waals surface area contributed by atoms with E-state index in [-0.39, 0.29) is 5.91 Å². The zero-order valence-electron chi connectivity index (χ0n) is 21.5. The molecule has 13 heteroatoms. The SMILES string of the molecule is O=C(Nc1ccc(Cl)cc1)O[C@@H](C(=O)N1CCN(C2CCCCC2)CC1)c1ccccc1Cl.O=C(O)C(F)(F)F. The molecule has 40 heavy (non-hydrogen) atoms. The fourth-order valence-electron chi connectivity index (χ4n) is 4.64. The lowest BCUT2D eigenvalue weighted by Crippen LogP contribution is -2.53. The lowest BCUT2D eigenvalue weighted by molar-refractivity contribution is -0.192. The summed E-state index contributed by atoms with van der Waals surface area (Å²) in [5, 5.41) is 10.7. The molecule has 1 aliphatic heterocycles. The average molecular weight is 604 g/mol. The summed E-state index contributed by atoms with van der Waals surface area (Å²) in [5.41, 5.74) is 1.00. The molecule has 0 radical (unpaired) electrons. The summed E-state index contributed by atoms with van der Waals surface area (Å²) in [4.78, 5) is 39.3. The first kappa shape index (κ1) is 31.5. The molecule has 2 aromatic carbocycles. The van der Waals surface area contributed by atoms with E-state index in [0.717, 1.165) is 13.1 Å². The molecular formula is C27H30Cl2F3N3O5. The van der Waals surface area contributed by atoms with Gasteiger partial charge in [-0.1, -0.05) is 60.7 Å². The van der Waals surface area contributed by atoms with E-state index in [2.05, 4.69) is 10.2 Å². The number of piperazine rings is 1. The van der Waals surface area contributed by atoms with Crippen molar-refractivity contribution >= 4 is 46.9 Å². The van der Waals surface area contributed by atoms with Crippen LogP contribution >= 0.6 is 23.2 Å². The normalized spacial score (nSPS) is 17.3. The van der Waals surface area contributed by atoms with Crippen LogP contribution in [0, 0.1) is 0 Å². The average Bonchev–Trinajstić information content (AvgIpc) is 2.93. The van der Waals surface area contributed by atoms with E-state index in [4.69, 9.17) is 37.8 Å². The predicted octanol–water partition coefficient (Wildman–Crippen LogP) is 6.39. The first-order chi connectivity index (χ1) is 19.0. The number of anilines is 1. The zero-order valence-corrected chi connectivity index (χ0v) is 23.0. The van der Waals surface area contributed by atoms with Crippen molar-refractivity contribution in [2.24, 2.45) is 0 Å². The summed E-state index contributed by atoms with van der Waals surface area (Å²) in [7, 11) is 0. The molecule has 8 nitrogen and oxygen atoms in total. The zero-order chi connectivity index (χ0) is 29.3. The van der Waals surface area contributed by atoms with Gasteiger partial charge >= 0.3 is 18.2 Å². The molecule has 4 rings (SSSR count). The van der Waals surface area contributed by atoms with Gasteiger partial charge in [-0.05, 0) is 43.2 Å². The number of benzene rings is 2. The topological polar surface area (TPSA) is 99.2 Å². The maximum atomic E-state index is 13.5.